The molecule has 0 aliphatic heterocycles. The van der Waals surface area contributed by atoms with Gasteiger partial charge < -0.3 is 43.4 Å². The van der Waals surface area contributed by atoms with Crippen LogP contribution in [0.15, 0.2) is 0 Å². The molecular weight excluding hydrogens is 468 g/mol. The molecule has 0 heterocycles. The summed E-state index contributed by atoms with van der Waals surface area (Å²) in [6.07, 6.45) is -1.51. The van der Waals surface area contributed by atoms with Crippen molar-refractivity contribution in [1.82, 2.24) is 16.0 Å². The quantitative estimate of drug-likeness (QED) is 0.0991. The Morgan fingerprint density at radius 3 is 1.71 bits per heavy atom. The van der Waals surface area contributed by atoms with E-state index in [0.717, 1.165) is 0 Å². The topological polar surface area (TPSA) is 274 Å². The first kappa shape index (κ1) is 31.2. The highest BCUT2D eigenvalue weighted by atomic mass is 16.4. The van der Waals surface area contributed by atoms with Crippen LogP contribution in [0.1, 0.15) is 52.4 Å². The summed E-state index contributed by atoms with van der Waals surface area (Å²) in [6.45, 7) is 3.31. The van der Waals surface area contributed by atoms with Crippen LogP contribution in [-0.2, 0) is 33.6 Å². The van der Waals surface area contributed by atoms with Gasteiger partial charge in [-0.25, -0.2) is 4.79 Å². The van der Waals surface area contributed by atoms with Gasteiger partial charge in [0.1, 0.15) is 18.1 Å². The SMILES string of the molecule is CCC(C)C(NC(=O)C(CCC(N)=O)NC(=O)C(CC(=O)O)NC(=O)C(N)CCC(N)=O)C(=O)O. The molecule has 5 atom stereocenters. The van der Waals surface area contributed by atoms with Crippen molar-refractivity contribution in [2.24, 2.45) is 23.1 Å². The average Bonchev–Trinajstić information content (AvgIpc) is 2.76. The van der Waals surface area contributed by atoms with Crippen LogP contribution in [0.2, 0.25) is 0 Å². The normalized spacial score (nSPS) is 14.9. The summed E-state index contributed by atoms with van der Waals surface area (Å²) in [5.74, 6) is -7.73. The van der Waals surface area contributed by atoms with Crippen LogP contribution in [0, 0.1) is 5.92 Å². The molecule has 0 bridgehead atoms. The van der Waals surface area contributed by atoms with Gasteiger partial charge >= 0.3 is 11.9 Å². The lowest BCUT2D eigenvalue weighted by Gasteiger charge is -2.26. The van der Waals surface area contributed by atoms with Crippen molar-refractivity contribution in [2.45, 2.75) is 76.5 Å². The first-order valence-electron chi connectivity index (χ1n) is 10.9. The zero-order valence-electron chi connectivity index (χ0n) is 19.6. The number of amides is 5. The number of hydrogen-bond donors (Lipinski definition) is 8. The molecule has 0 fully saturated rings. The molecule has 35 heavy (non-hydrogen) atoms. The van der Waals surface area contributed by atoms with Crippen LogP contribution in [0.3, 0.4) is 0 Å². The summed E-state index contributed by atoms with van der Waals surface area (Å²) in [5.41, 5.74) is 15.7. The smallest absolute Gasteiger partial charge is 0.326 e. The fourth-order valence-electron chi connectivity index (χ4n) is 2.86. The Balaban J connectivity index is 5.62. The Labute approximate surface area is 201 Å². The van der Waals surface area contributed by atoms with Crippen molar-refractivity contribution in [2.75, 3.05) is 0 Å². The Morgan fingerprint density at radius 1 is 0.771 bits per heavy atom. The van der Waals surface area contributed by atoms with E-state index in [0.29, 0.717) is 6.42 Å². The van der Waals surface area contributed by atoms with E-state index in [9.17, 15) is 38.7 Å². The highest BCUT2D eigenvalue weighted by Crippen LogP contribution is 2.09. The first-order valence-corrected chi connectivity index (χ1v) is 10.9. The predicted octanol–water partition coefficient (Wildman–Crippen LogP) is -3.10. The number of nitrogens with one attached hydrogen (secondary N) is 3. The fourth-order valence-corrected chi connectivity index (χ4v) is 2.86. The molecule has 0 aliphatic carbocycles. The van der Waals surface area contributed by atoms with Crippen molar-refractivity contribution in [3.63, 3.8) is 0 Å². The molecule has 5 unspecified atom stereocenters. The number of carbonyl (C=O) groups is 7. The number of primary amides is 2. The van der Waals surface area contributed by atoms with Gasteiger partial charge in [0.05, 0.1) is 12.5 Å². The summed E-state index contributed by atoms with van der Waals surface area (Å²) >= 11 is 0. The molecule has 0 saturated carbocycles. The molecule has 15 nitrogen and oxygen atoms in total. The zero-order chi connectivity index (χ0) is 27.3. The van der Waals surface area contributed by atoms with Gasteiger partial charge in [-0.05, 0) is 18.8 Å². The molecular formula is C20H34N6O9. The molecule has 0 aromatic heterocycles. The van der Waals surface area contributed by atoms with Crippen molar-refractivity contribution >= 4 is 41.5 Å². The third-order valence-electron chi connectivity index (χ3n) is 5.14. The Bertz CT molecular complexity index is 819. The number of nitrogens with two attached hydrogens (primary N) is 3. The van der Waals surface area contributed by atoms with E-state index < -0.39 is 78.0 Å². The Kier molecular flexibility index (Phi) is 13.6. The lowest BCUT2D eigenvalue weighted by molar-refractivity contribution is -0.144. The van der Waals surface area contributed by atoms with Crippen LogP contribution in [0.5, 0.6) is 0 Å². The second-order valence-electron chi connectivity index (χ2n) is 8.05. The molecule has 5 amide bonds. The van der Waals surface area contributed by atoms with E-state index in [1.807, 2.05) is 0 Å². The van der Waals surface area contributed by atoms with Crippen molar-refractivity contribution < 1.29 is 43.8 Å². The summed E-state index contributed by atoms with van der Waals surface area (Å²) in [7, 11) is 0. The molecule has 0 saturated heterocycles. The summed E-state index contributed by atoms with van der Waals surface area (Å²) in [4.78, 5) is 82.6. The molecule has 0 aliphatic rings. The van der Waals surface area contributed by atoms with Gasteiger partial charge in [0, 0.05) is 12.8 Å². The standard InChI is InChI=1S/C20H34N6O9/c1-3-9(2)16(20(34)35)26-18(32)11(5-7-14(23)28)24-19(33)12(8-15(29)30)25-17(31)10(21)4-6-13(22)27/h9-12,16H,3-8,21H2,1-2H3,(H2,22,27)(H2,23,28)(H,24,33)(H,25,31)(H,26,32)(H,29,30)(H,34,35). The number of carboxylic acid groups (broad SMARTS) is 2. The predicted molar refractivity (Wildman–Crippen MR) is 120 cm³/mol. The van der Waals surface area contributed by atoms with Gasteiger partial charge in [-0.15, -0.1) is 0 Å². The first-order chi connectivity index (χ1) is 16.2. The molecule has 0 rings (SSSR count). The van der Waals surface area contributed by atoms with Crippen molar-refractivity contribution in [3.8, 4) is 0 Å². The highest BCUT2D eigenvalue weighted by Gasteiger charge is 2.32. The molecule has 0 spiro atoms. The van der Waals surface area contributed by atoms with Gasteiger partial charge in [-0.3, -0.25) is 28.8 Å². The fraction of sp³-hybridized carbons (Fsp3) is 0.650. The van der Waals surface area contributed by atoms with E-state index in [-0.39, 0.29) is 25.7 Å². The largest absolute Gasteiger partial charge is 0.481 e. The molecule has 0 radical (unpaired) electrons. The molecule has 198 valence electrons. The second kappa shape index (κ2) is 15.2. The third kappa shape index (κ3) is 12.3. The van der Waals surface area contributed by atoms with Crippen LogP contribution >= 0.6 is 0 Å². The molecule has 15 heteroatoms. The number of hydrogen-bond acceptors (Lipinski definition) is 8. The Hall–Kier alpha value is -3.75. The highest BCUT2D eigenvalue weighted by molar-refractivity contribution is 5.96. The average molecular weight is 503 g/mol. The lowest BCUT2D eigenvalue weighted by Crippen LogP contribution is -2.58. The zero-order valence-corrected chi connectivity index (χ0v) is 19.6. The summed E-state index contributed by atoms with van der Waals surface area (Å²) in [6, 6.07) is -5.70. The minimum absolute atomic E-state index is 0.154. The van der Waals surface area contributed by atoms with E-state index >= 15 is 0 Å². The minimum atomic E-state index is -1.67. The summed E-state index contributed by atoms with van der Waals surface area (Å²) < 4.78 is 0. The van der Waals surface area contributed by atoms with Gasteiger partial charge in [0.15, 0.2) is 0 Å². The van der Waals surface area contributed by atoms with E-state index in [1.165, 1.54) is 0 Å². The summed E-state index contributed by atoms with van der Waals surface area (Å²) in [5, 5.41) is 25.2. The number of rotatable bonds is 17. The second-order valence-corrected chi connectivity index (χ2v) is 8.05. The van der Waals surface area contributed by atoms with Gasteiger partial charge in [0.2, 0.25) is 29.5 Å². The van der Waals surface area contributed by atoms with Crippen LogP contribution in [0.25, 0.3) is 0 Å². The molecule has 11 N–H and O–H groups in total. The Morgan fingerprint density at radius 2 is 1.26 bits per heavy atom. The monoisotopic (exact) mass is 502 g/mol. The number of carboxylic acids is 2. The lowest BCUT2D eigenvalue weighted by atomic mass is 9.98. The van der Waals surface area contributed by atoms with Crippen LogP contribution < -0.4 is 33.2 Å². The number of carbonyl (C=O) groups excluding carboxylic acids is 5. The maximum Gasteiger partial charge on any atom is 0.326 e. The number of aliphatic carboxylic acids is 2. The van der Waals surface area contributed by atoms with Gasteiger partial charge in [-0.1, -0.05) is 20.3 Å². The van der Waals surface area contributed by atoms with E-state index in [2.05, 4.69) is 16.0 Å². The third-order valence-corrected chi connectivity index (χ3v) is 5.14. The molecule has 0 aromatic rings. The van der Waals surface area contributed by atoms with Crippen LogP contribution in [0.4, 0.5) is 0 Å². The van der Waals surface area contributed by atoms with Gasteiger partial charge in [-0.2, -0.15) is 0 Å². The molecule has 0 aromatic carbocycles. The maximum absolute atomic E-state index is 12.8. The van der Waals surface area contributed by atoms with Crippen molar-refractivity contribution in [1.29, 1.82) is 0 Å². The van der Waals surface area contributed by atoms with E-state index in [1.54, 1.807) is 13.8 Å². The van der Waals surface area contributed by atoms with Crippen LogP contribution in [-0.4, -0.2) is 75.9 Å². The minimum Gasteiger partial charge on any atom is -0.481 e. The van der Waals surface area contributed by atoms with Gasteiger partial charge in [0.25, 0.3) is 0 Å². The van der Waals surface area contributed by atoms with Crippen molar-refractivity contribution in [3.05, 3.63) is 0 Å². The maximum atomic E-state index is 12.8. The van der Waals surface area contributed by atoms with E-state index in [4.69, 9.17) is 22.3 Å².